The summed E-state index contributed by atoms with van der Waals surface area (Å²) in [6, 6.07) is 4.24. The first-order valence-corrected chi connectivity index (χ1v) is 6.38. The fraction of sp³-hybridized carbons (Fsp3) is 0.357. The Morgan fingerprint density at radius 2 is 2.21 bits per heavy atom. The Hall–Kier alpha value is -1.39. The Morgan fingerprint density at radius 1 is 1.53 bits per heavy atom. The van der Waals surface area contributed by atoms with Gasteiger partial charge in [-0.15, -0.1) is 0 Å². The van der Waals surface area contributed by atoms with Crippen LogP contribution in [0.2, 0.25) is 5.02 Å². The van der Waals surface area contributed by atoms with Gasteiger partial charge in [-0.3, -0.25) is 4.79 Å². The molecule has 0 saturated heterocycles. The van der Waals surface area contributed by atoms with Crippen LogP contribution in [0.25, 0.3) is 6.08 Å². The summed E-state index contributed by atoms with van der Waals surface area (Å²) in [4.78, 5) is 13.5. The van der Waals surface area contributed by atoms with E-state index in [1.807, 2.05) is 13.8 Å². The van der Waals surface area contributed by atoms with Crippen molar-refractivity contribution in [3.8, 4) is 0 Å². The van der Waals surface area contributed by atoms with Gasteiger partial charge in [-0.1, -0.05) is 17.7 Å². The summed E-state index contributed by atoms with van der Waals surface area (Å²) in [5, 5.41) is 8.93. The lowest BCUT2D eigenvalue weighted by Crippen LogP contribution is -2.37. The van der Waals surface area contributed by atoms with E-state index in [1.165, 1.54) is 24.3 Å². The Bertz CT molecular complexity index is 475. The van der Waals surface area contributed by atoms with Crippen molar-refractivity contribution < 1.29 is 14.3 Å². The van der Waals surface area contributed by atoms with Gasteiger partial charge >= 0.3 is 0 Å². The van der Waals surface area contributed by atoms with Gasteiger partial charge in [0.2, 0.25) is 5.91 Å². The molecule has 0 atom stereocenters. The van der Waals surface area contributed by atoms with Crippen LogP contribution in [0.5, 0.6) is 0 Å². The molecule has 1 aromatic rings. The van der Waals surface area contributed by atoms with Crippen LogP contribution in [0.4, 0.5) is 4.39 Å². The fourth-order valence-electron chi connectivity index (χ4n) is 1.61. The zero-order chi connectivity index (χ0) is 14.4. The third-order valence-electron chi connectivity index (χ3n) is 2.61. The first kappa shape index (κ1) is 15.7. The van der Waals surface area contributed by atoms with E-state index in [2.05, 4.69) is 0 Å². The number of rotatable bonds is 5. The fourth-order valence-corrected chi connectivity index (χ4v) is 1.80. The minimum absolute atomic E-state index is 0.00102. The summed E-state index contributed by atoms with van der Waals surface area (Å²) in [7, 11) is 0. The average molecular weight is 286 g/mol. The predicted molar refractivity (Wildman–Crippen MR) is 74.4 cm³/mol. The van der Waals surface area contributed by atoms with Crippen molar-refractivity contribution in [3.05, 3.63) is 40.7 Å². The van der Waals surface area contributed by atoms with E-state index in [1.54, 1.807) is 11.0 Å². The Kier molecular flexibility index (Phi) is 5.99. The van der Waals surface area contributed by atoms with Gasteiger partial charge in [0.05, 0.1) is 11.6 Å². The highest BCUT2D eigenvalue weighted by Crippen LogP contribution is 2.17. The quantitative estimate of drug-likeness (QED) is 0.845. The number of halogens is 2. The molecule has 1 amide bonds. The summed E-state index contributed by atoms with van der Waals surface area (Å²) in [6.07, 6.45) is 2.96. The van der Waals surface area contributed by atoms with Gasteiger partial charge in [-0.05, 0) is 37.6 Å². The summed E-state index contributed by atoms with van der Waals surface area (Å²) in [5.41, 5.74) is 0.646. The molecule has 0 radical (unpaired) electrons. The van der Waals surface area contributed by atoms with Gasteiger partial charge in [0, 0.05) is 18.7 Å². The highest BCUT2D eigenvalue weighted by Gasteiger charge is 2.13. The van der Waals surface area contributed by atoms with Crippen LogP contribution in [0.15, 0.2) is 24.3 Å². The molecule has 0 aliphatic carbocycles. The summed E-state index contributed by atoms with van der Waals surface area (Å²) in [5.74, 6) is -0.696. The van der Waals surface area contributed by atoms with E-state index in [0.29, 0.717) is 5.56 Å². The molecule has 0 aromatic heterocycles. The molecule has 5 heteroatoms. The number of hydrogen-bond acceptors (Lipinski definition) is 2. The maximum absolute atomic E-state index is 13.0. The smallest absolute Gasteiger partial charge is 0.246 e. The minimum Gasteiger partial charge on any atom is -0.395 e. The Balaban J connectivity index is 2.79. The van der Waals surface area contributed by atoms with Crippen LogP contribution < -0.4 is 0 Å². The third-order valence-corrected chi connectivity index (χ3v) is 2.90. The largest absolute Gasteiger partial charge is 0.395 e. The van der Waals surface area contributed by atoms with Gasteiger partial charge in [0.25, 0.3) is 0 Å². The number of nitrogens with zero attached hydrogens (tertiary/aromatic N) is 1. The maximum atomic E-state index is 13.0. The van der Waals surface area contributed by atoms with E-state index in [0.717, 1.165) is 0 Å². The normalized spacial score (nSPS) is 11.3. The second-order valence-electron chi connectivity index (χ2n) is 4.36. The lowest BCUT2D eigenvalue weighted by atomic mass is 10.2. The molecule has 0 aliphatic heterocycles. The van der Waals surface area contributed by atoms with Crippen LogP contribution in [0.3, 0.4) is 0 Å². The first-order chi connectivity index (χ1) is 8.95. The number of carbonyl (C=O) groups excluding carboxylic acids is 1. The molecule has 3 nitrogen and oxygen atoms in total. The molecule has 104 valence electrons. The standard InChI is InChI=1S/C14H17ClFNO2/c1-10(2)17(7-8-18)14(19)6-4-11-3-5-13(16)12(15)9-11/h3-6,9-10,18H,7-8H2,1-2H3/b6-4+. The highest BCUT2D eigenvalue weighted by atomic mass is 35.5. The van der Waals surface area contributed by atoms with Gasteiger partial charge in [0.1, 0.15) is 5.82 Å². The Morgan fingerprint density at radius 3 is 2.74 bits per heavy atom. The summed E-state index contributed by atoms with van der Waals surface area (Å²) in [6.45, 7) is 3.94. The van der Waals surface area contributed by atoms with E-state index < -0.39 is 5.82 Å². The second-order valence-corrected chi connectivity index (χ2v) is 4.76. The number of carbonyl (C=O) groups is 1. The van der Waals surface area contributed by atoms with E-state index in [-0.39, 0.29) is 30.1 Å². The lowest BCUT2D eigenvalue weighted by Gasteiger charge is -2.24. The van der Waals surface area contributed by atoms with Crippen molar-refractivity contribution >= 4 is 23.6 Å². The van der Waals surface area contributed by atoms with Crippen molar-refractivity contribution in [2.75, 3.05) is 13.2 Å². The average Bonchev–Trinajstić information content (AvgIpc) is 2.36. The number of hydrogen-bond donors (Lipinski definition) is 1. The Labute approximate surface area is 117 Å². The molecule has 0 spiro atoms. The molecular formula is C14H17ClFNO2. The van der Waals surface area contributed by atoms with E-state index in [9.17, 15) is 9.18 Å². The van der Waals surface area contributed by atoms with E-state index >= 15 is 0 Å². The molecule has 0 aliphatic rings. The number of benzene rings is 1. The number of amides is 1. The van der Waals surface area contributed by atoms with Gasteiger partial charge in [-0.25, -0.2) is 4.39 Å². The summed E-state index contributed by atoms with van der Waals surface area (Å²) < 4.78 is 13.0. The molecule has 1 N–H and O–H groups in total. The molecule has 0 saturated carbocycles. The van der Waals surface area contributed by atoms with Crippen molar-refractivity contribution in [2.45, 2.75) is 19.9 Å². The van der Waals surface area contributed by atoms with Crippen molar-refractivity contribution in [2.24, 2.45) is 0 Å². The zero-order valence-electron chi connectivity index (χ0n) is 10.9. The SMILES string of the molecule is CC(C)N(CCO)C(=O)/C=C/c1ccc(F)c(Cl)c1. The van der Waals surface area contributed by atoms with Gasteiger partial charge in [-0.2, -0.15) is 0 Å². The van der Waals surface area contributed by atoms with Crippen LogP contribution in [-0.4, -0.2) is 35.1 Å². The lowest BCUT2D eigenvalue weighted by molar-refractivity contribution is -0.128. The predicted octanol–water partition coefficient (Wildman–Crippen LogP) is 2.72. The maximum Gasteiger partial charge on any atom is 0.246 e. The molecule has 0 bridgehead atoms. The molecule has 0 fully saturated rings. The molecule has 19 heavy (non-hydrogen) atoms. The first-order valence-electron chi connectivity index (χ1n) is 6.00. The monoisotopic (exact) mass is 285 g/mol. The second kappa shape index (κ2) is 7.26. The van der Waals surface area contributed by atoms with Crippen molar-refractivity contribution in [3.63, 3.8) is 0 Å². The summed E-state index contributed by atoms with van der Waals surface area (Å²) >= 11 is 5.65. The molecule has 0 heterocycles. The van der Waals surface area contributed by atoms with Crippen molar-refractivity contribution in [1.29, 1.82) is 0 Å². The van der Waals surface area contributed by atoms with Crippen LogP contribution >= 0.6 is 11.6 Å². The van der Waals surface area contributed by atoms with Crippen LogP contribution in [-0.2, 0) is 4.79 Å². The zero-order valence-corrected chi connectivity index (χ0v) is 11.7. The highest BCUT2D eigenvalue weighted by molar-refractivity contribution is 6.30. The number of aliphatic hydroxyl groups is 1. The van der Waals surface area contributed by atoms with Gasteiger partial charge in [0.15, 0.2) is 0 Å². The van der Waals surface area contributed by atoms with Crippen LogP contribution in [0, 0.1) is 5.82 Å². The van der Waals surface area contributed by atoms with Crippen molar-refractivity contribution in [1.82, 2.24) is 4.90 Å². The molecule has 0 unspecified atom stereocenters. The minimum atomic E-state index is -0.491. The molecule has 1 rings (SSSR count). The molecular weight excluding hydrogens is 269 g/mol. The number of aliphatic hydroxyl groups excluding tert-OH is 1. The third kappa shape index (κ3) is 4.65. The topological polar surface area (TPSA) is 40.5 Å². The van der Waals surface area contributed by atoms with Gasteiger partial charge < -0.3 is 10.0 Å². The molecule has 1 aromatic carbocycles. The van der Waals surface area contributed by atoms with E-state index in [4.69, 9.17) is 16.7 Å². The van der Waals surface area contributed by atoms with Crippen LogP contribution in [0.1, 0.15) is 19.4 Å².